The van der Waals surface area contributed by atoms with Crippen molar-refractivity contribution in [1.82, 2.24) is 0 Å². The number of ketones is 2. The van der Waals surface area contributed by atoms with Crippen molar-refractivity contribution in [3.8, 4) is 0 Å². The molecule has 0 spiro atoms. The lowest BCUT2D eigenvalue weighted by molar-refractivity contribution is -0.123. The fourth-order valence-corrected chi connectivity index (χ4v) is 5.73. The van der Waals surface area contributed by atoms with E-state index in [2.05, 4.69) is 27.7 Å². The van der Waals surface area contributed by atoms with Gasteiger partial charge in [-0.1, -0.05) is 52.5 Å². The van der Waals surface area contributed by atoms with Gasteiger partial charge in [-0.15, -0.1) is 0 Å². The molecule has 0 N–H and O–H groups in total. The van der Waals surface area contributed by atoms with Gasteiger partial charge in [-0.25, -0.2) is 0 Å². The molecule has 3 rings (SSSR count). The number of fused-ring (bicyclic) bond motifs is 1. The molecule has 0 aromatic heterocycles. The second-order valence-electron chi connectivity index (χ2n) is 9.72. The van der Waals surface area contributed by atoms with Crippen LogP contribution in [-0.4, -0.2) is 11.6 Å². The number of carbonyl (C=O) groups excluding carboxylic acids is 2. The summed E-state index contributed by atoms with van der Waals surface area (Å²) in [5, 5.41) is 0. The molecular weight excluding hydrogens is 296 g/mol. The molecule has 24 heavy (non-hydrogen) atoms. The molecule has 0 heterocycles. The summed E-state index contributed by atoms with van der Waals surface area (Å²) in [6.45, 7) is 10.7. The zero-order chi connectivity index (χ0) is 17.7. The first-order chi connectivity index (χ1) is 11.2. The minimum Gasteiger partial charge on any atom is -0.300 e. The van der Waals surface area contributed by atoms with Gasteiger partial charge < -0.3 is 0 Å². The maximum Gasteiger partial charge on any atom is 0.158 e. The van der Waals surface area contributed by atoms with Crippen molar-refractivity contribution in [1.29, 1.82) is 0 Å². The molecule has 3 aliphatic carbocycles. The minimum absolute atomic E-state index is 0.103. The summed E-state index contributed by atoms with van der Waals surface area (Å²) in [7, 11) is 0. The quantitative estimate of drug-likeness (QED) is 0.650. The van der Waals surface area contributed by atoms with E-state index in [0.29, 0.717) is 23.4 Å². The van der Waals surface area contributed by atoms with E-state index in [1.165, 1.54) is 37.7 Å². The molecule has 0 radical (unpaired) electrons. The summed E-state index contributed by atoms with van der Waals surface area (Å²) in [6.07, 6.45) is 9.96. The van der Waals surface area contributed by atoms with E-state index in [4.69, 9.17) is 0 Å². The Morgan fingerprint density at radius 2 is 1.71 bits per heavy atom. The number of allylic oxidation sites excluding steroid dienone is 2. The Morgan fingerprint density at radius 1 is 1.08 bits per heavy atom. The van der Waals surface area contributed by atoms with Crippen molar-refractivity contribution in [2.75, 3.05) is 0 Å². The van der Waals surface area contributed by atoms with Gasteiger partial charge in [0.25, 0.3) is 0 Å². The Kier molecular flexibility index (Phi) is 4.55. The maximum absolute atomic E-state index is 12.9. The van der Waals surface area contributed by atoms with Crippen LogP contribution in [0.15, 0.2) is 11.6 Å². The average molecular weight is 331 g/mol. The fraction of sp³-hybridized carbons (Fsp3) is 0.818. The van der Waals surface area contributed by atoms with Crippen LogP contribution < -0.4 is 0 Å². The highest BCUT2D eigenvalue weighted by Crippen LogP contribution is 2.68. The predicted octanol–water partition coefficient (Wildman–Crippen LogP) is 5.36. The first-order valence-electron chi connectivity index (χ1n) is 9.90. The zero-order valence-corrected chi connectivity index (χ0v) is 16.2. The number of carbonyl (C=O) groups is 2. The molecule has 0 bridgehead atoms. The Balaban J connectivity index is 1.73. The van der Waals surface area contributed by atoms with Gasteiger partial charge in [0.1, 0.15) is 5.78 Å². The molecule has 2 nitrogen and oxygen atoms in total. The van der Waals surface area contributed by atoms with Crippen molar-refractivity contribution in [3.63, 3.8) is 0 Å². The van der Waals surface area contributed by atoms with Gasteiger partial charge in [-0.05, 0) is 61.3 Å². The van der Waals surface area contributed by atoms with Gasteiger partial charge in [0.2, 0.25) is 0 Å². The molecule has 0 aromatic rings. The molecule has 0 amide bonds. The number of Topliss-reactive ketones (excluding diaryl/α,β-unsaturated/α-hetero) is 1. The van der Waals surface area contributed by atoms with Crippen LogP contribution in [0.3, 0.4) is 0 Å². The Hall–Kier alpha value is -0.920. The van der Waals surface area contributed by atoms with E-state index in [-0.39, 0.29) is 22.7 Å². The number of hydrogen-bond donors (Lipinski definition) is 0. The zero-order valence-electron chi connectivity index (χ0n) is 16.2. The maximum atomic E-state index is 12.9. The molecule has 1 unspecified atom stereocenters. The lowest BCUT2D eigenvalue weighted by atomic mass is 9.66. The van der Waals surface area contributed by atoms with Crippen LogP contribution in [0.1, 0.15) is 79.6 Å². The summed E-state index contributed by atoms with van der Waals surface area (Å²) in [4.78, 5) is 25.0. The Morgan fingerprint density at radius 3 is 2.29 bits per heavy atom. The largest absolute Gasteiger partial charge is 0.300 e. The van der Waals surface area contributed by atoms with Crippen molar-refractivity contribution in [2.24, 2.45) is 34.5 Å². The summed E-state index contributed by atoms with van der Waals surface area (Å²) in [6, 6.07) is 0. The van der Waals surface area contributed by atoms with Crippen LogP contribution in [0.2, 0.25) is 0 Å². The highest BCUT2D eigenvalue weighted by molar-refractivity contribution is 5.93. The minimum atomic E-state index is 0.103. The molecule has 0 aliphatic heterocycles. The first kappa shape index (κ1) is 17.9. The van der Waals surface area contributed by atoms with Crippen LogP contribution >= 0.6 is 0 Å². The van der Waals surface area contributed by atoms with E-state index in [9.17, 15) is 9.59 Å². The highest BCUT2D eigenvalue weighted by Gasteiger charge is 2.63. The Bertz CT molecular complexity index is 563. The summed E-state index contributed by atoms with van der Waals surface area (Å²) in [5.41, 5.74) is 1.68. The number of rotatable bonds is 4. The van der Waals surface area contributed by atoms with E-state index in [1.807, 2.05) is 6.08 Å². The molecule has 0 aromatic carbocycles. The van der Waals surface area contributed by atoms with E-state index in [1.54, 1.807) is 6.92 Å². The number of hydrogen-bond acceptors (Lipinski definition) is 2. The molecule has 3 aliphatic rings. The van der Waals surface area contributed by atoms with Crippen molar-refractivity contribution in [3.05, 3.63) is 11.6 Å². The molecule has 2 heteroatoms. The average Bonchev–Trinajstić information content (AvgIpc) is 3.08. The van der Waals surface area contributed by atoms with Crippen LogP contribution in [0.25, 0.3) is 0 Å². The van der Waals surface area contributed by atoms with Gasteiger partial charge in [0.15, 0.2) is 5.78 Å². The van der Waals surface area contributed by atoms with Crippen LogP contribution in [0.4, 0.5) is 0 Å². The fourth-order valence-electron chi connectivity index (χ4n) is 5.73. The van der Waals surface area contributed by atoms with E-state index in [0.717, 1.165) is 12.8 Å². The van der Waals surface area contributed by atoms with E-state index >= 15 is 0 Å². The van der Waals surface area contributed by atoms with Crippen molar-refractivity contribution < 1.29 is 9.59 Å². The van der Waals surface area contributed by atoms with Crippen molar-refractivity contribution in [2.45, 2.75) is 79.6 Å². The second kappa shape index (κ2) is 6.11. The summed E-state index contributed by atoms with van der Waals surface area (Å²) >= 11 is 0. The topological polar surface area (TPSA) is 34.1 Å². The molecule has 3 fully saturated rings. The molecular formula is C22H34O2. The SMILES string of the molecule is CC(=O)[C@H]1C/C(=C/C(=O)[C@@H](C)C2(C)CCCCC2)C[C@@H]2C1C2(C)C. The normalized spacial score (nSPS) is 36.7. The highest BCUT2D eigenvalue weighted by atomic mass is 16.1. The summed E-state index contributed by atoms with van der Waals surface area (Å²) in [5.74, 6) is 1.98. The third kappa shape index (κ3) is 3.02. The smallest absolute Gasteiger partial charge is 0.158 e. The third-order valence-corrected chi connectivity index (χ3v) is 7.87. The third-order valence-electron chi connectivity index (χ3n) is 7.87. The lowest BCUT2D eigenvalue weighted by Crippen LogP contribution is -2.33. The molecule has 0 saturated heterocycles. The lowest BCUT2D eigenvalue weighted by Gasteiger charge is -2.38. The Labute approximate surface area is 147 Å². The van der Waals surface area contributed by atoms with Crippen LogP contribution in [-0.2, 0) is 9.59 Å². The van der Waals surface area contributed by atoms with E-state index < -0.39 is 0 Å². The van der Waals surface area contributed by atoms with Crippen LogP contribution in [0, 0.1) is 34.5 Å². The molecule has 4 atom stereocenters. The van der Waals surface area contributed by atoms with Gasteiger partial charge >= 0.3 is 0 Å². The monoisotopic (exact) mass is 330 g/mol. The molecule has 134 valence electrons. The van der Waals surface area contributed by atoms with Gasteiger partial charge in [0, 0.05) is 11.8 Å². The first-order valence-corrected chi connectivity index (χ1v) is 9.90. The second-order valence-corrected chi connectivity index (χ2v) is 9.72. The van der Waals surface area contributed by atoms with Gasteiger partial charge in [-0.3, -0.25) is 9.59 Å². The summed E-state index contributed by atoms with van der Waals surface area (Å²) < 4.78 is 0. The predicted molar refractivity (Wildman–Crippen MR) is 97.6 cm³/mol. The standard InChI is InChI=1S/C22H34O2/c1-14(22(5)9-7-6-8-10-22)19(24)13-16-11-17(15(2)23)20-18(12-16)21(20,3)4/h13-14,17-18,20H,6-12H2,1-5H3/b16-13-/t14-,17-,18-,20?/m1/s1. The van der Waals surface area contributed by atoms with Gasteiger partial charge in [-0.2, -0.15) is 0 Å². The van der Waals surface area contributed by atoms with Crippen LogP contribution in [0.5, 0.6) is 0 Å². The molecule has 3 saturated carbocycles. The van der Waals surface area contributed by atoms with Gasteiger partial charge in [0.05, 0.1) is 0 Å². The van der Waals surface area contributed by atoms with Crippen molar-refractivity contribution >= 4 is 11.6 Å².